The largest absolute Gasteiger partial charge is 0.313 e. The third kappa shape index (κ3) is 6.17. The predicted octanol–water partition coefficient (Wildman–Crippen LogP) is 2.06. The molecule has 0 rings (SSSR count). The molecule has 1 N–H and O–H groups in total. The highest BCUT2D eigenvalue weighted by Crippen LogP contribution is 1.98. The zero-order chi connectivity index (χ0) is 11.0. The standard InChI is InChI=1S/C11H18N2O/c1-5-6-12-8-13-11(14)10(4)7-9(2)3/h7-8H,4-6H2,1-3H3,(H,12,13,14). The number of aliphatic imine (C=N–C) groups is 1. The highest BCUT2D eigenvalue weighted by Gasteiger charge is 2.00. The van der Waals surface area contributed by atoms with Gasteiger partial charge in [0.2, 0.25) is 0 Å². The Morgan fingerprint density at radius 3 is 2.64 bits per heavy atom. The first-order valence-corrected chi connectivity index (χ1v) is 4.71. The number of allylic oxidation sites excluding steroid dienone is 1. The molecule has 0 radical (unpaired) electrons. The summed E-state index contributed by atoms with van der Waals surface area (Å²) in [7, 11) is 0. The van der Waals surface area contributed by atoms with Gasteiger partial charge in [-0.05, 0) is 20.3 Å². The van der Waals surface area contributed by atoms with Crippen molar-refractivity contribution in [2.24, 2.45) is 4.99 Å². The maximum absolute atomic E-state index is 11.3. The molecule has 14 heavy (non-hydrogen) atoms. The van der Waals surface area contributed by atoms with Gasteiger partial charge in [0.1, 0.15) is 0 Å². The number of carbonyl (C=O) groups is 1. The average Bonchev–Trinajstić information content (AvgIpc) is 2.11. The third-order valence-corrected chi connectivity index (χ3v) is 1.39. The molecule has 0 aromatic carbocycles. The van der Waals surface area contributed by atoms with E-state index in [-0.39, 0.29) is 5.91 Å². The summed E-state index contributed by atoms with van der Waals surface area (Å²) in [5.41, 5.74) is 1.50. The van der Waals surface area contributed by atoms with Gasteiger partial charge in [-0.2, -0.15) is 0 Å². The number of nitrogens with zero attached hydrogens (tertiary/aromatic N) is 1. The van der Waals surface area contributed by atoms with Gasteiger partial charge in [-0.15, -0.1) is 0 Å². The lowest BCUT2D eigenvalue weighted by atomic mass is 10.2. The molecule has 0 heterocycles. The van der Waals surface area contributed by atoms with Crippen molar-refractivity contribution in [1.29, 1.82) is 0 Å². The molecular weight excluding hydrogens is 176 g/mol. The number of carbonyl (C=O) groups excluding carboxylic acids is 1. The molecule has 0 aliphatic carbocycles. The molecule has 0 bridgehead atoms. The zero-order valence-corrected chi connectivity index (χ0v) is 9.13. The molecule has 0 atom stereocenters. The fraction of sp³-hybridized carbons (Fsp3) is 0.455. The third-order valence-electron chi connectivity index (χ3n) is 1.39. The Morgan fingerprint density at radius 2 is 2.14 bits per heavy atom. The van der Waals surface area contributed by atoms with E-state index in [0.717, 1.165) is 18.5 Å². The molecule has 0 aliphatic heterocycles. The van der Waals surface area contributed by atoms with E-state index in [9.17, 15) is 4.79 Å². The van der Waals surface area contributed by atoms with E-state index >= 15 is 0 Å². The molecule has 3 nitrogen and oxygen atoms in total. The molecule has 0 fully saturated rings. The van der Waals surface area contributed by atoms with Crippen LogP contribution in [-0.4, -0.2) is 18.8 Å². The highest BCUT2D eigenvalue weighted by atomic mass is 16.1. The van der Waals surface area contributed by atoms with Gasteiger partial charge in [0.25, 0.3) is 5.91 Å². The Bertz CT molecular complexity index is 260. The second-order valence-electron chi connectivity index (χ2n) is 3.26. The minimum Gasteiger partial charge on any atom is -0.313 e. The number of rotatable bonds is 5. The van der Waals surface area contributed by atoms with Crippen molar-refractivity contribution in [2.75, 3.05) is 6.54 Å². The van der Waals surface area contributed by atoms with E-state index in [2.05, 4.69) is 16.9 Å². The summed E-state index contributed by atoms with van der Waals surface area (Å²) in [6.07, 6.45) is 4.14. The van der Waals surface area contributed by atoms with Gasteiger partial charge in [-0.25, -0.2) is 0 Å². The smallest absolute Gasteiger partial charge is 0.255 e. The van der Waals surface area contributed by atoms with Gasteiger partial charge in [-0.1, -0.05) is 25.2 Å². The van der Waals surface area contributed by atoms with Crippen molar-refractivity contribution in [3.8, 4) is 0 Å². The van der Waals surface area contributed by atoms with Crippen LogP contribution in [0.3, 0.4) is 0 Å². The van der Waals surface area contributed by atoms with Crippen LogP contribution in [0.15, 0.2) is 28.8 Å². The molecule has 3 heteroatoms. The van der Waals surface area contributed by atoms with Crippen LogP contribution >= 0.6 is 0 Å². The Morgan fingerprint density at radius 1 is 1.50 bits per heavy atom. The lowest BCUT2D eigenvalue weighted by molar-refractivity contribution is -0.115. The fourth-order valence-electron chi connectivity index (χ4n) is 0.805. The van der Waals surface area contributed by atoms with E-state index in [1.54, 1.807) is 6.08 Å². The SMILES string of the molecule is C=C(C=C(C)C)C(=O)NC=NCCC. The summed E-state index contributed by atoms with van der Waals surface area (Å²) < 4.78 is 0. The maximum Gasteiger partial charge on any atom is 0.255 e. The van der Waals surface area contributed by atoms with Gasteiger partial charge in [0.15, 0.2) is 0 Å². The monoisotopic (exact) mass is 194 g/mol. The van der Waals surface area contributed by atoms with Crippen LogP contribution in [0.1, 0.15) is 27.2 Å². The molecule has 0 spiro atoms. The minimum atomic E-state index is -0.203. The highest BCUT2D eigenvalue weighted by molar-refractivity contribution is 6.01. The summed E-state index contributed by atoms with van der Waals surface area (Å²) in [4.78, 5) is 15.3. The normalized spacial score (nSPS) is 9.93. The minimum absolute atomic E-state index is 0.203. The second kappa shape index (κ2) is 7.06. The van der Waals surface area contributed by atoms with E-state index in [0.29, 0.717) is 5.57 Å². The van der Waals surface area contributed by atoms with Crippen molar-refractivity contribution in [3.63, 3.8) is 0 Å². The predicted molar refractivity (Wildman–Crippen MR) is 60.4 cm³/mol. The number of nitrogens with one attached hydrogen (secondary N) is 1. The first kappa shape index (κ1) is 12.6. The van der Waals surface area contributed by atoms with Crippen LogP contribution in [0.25, 0.3) is 0 Å². The van der Waals surface area contributed by atoms with Gasteiger partial charge >= 0.3 is 0 Å². The quantitative estimate of drug-likeness (QED) is 0.309. The van der Waals surface area contributed by atoms with Crippen LogP contribution in [-0.2, 0) is 4.79 Å². The van der Waals surface area contributed by atoms with E-state index < -0.39 is 0 Å². The van der Waals surface area contributed by atoms with E-state index in [1.165, 1.54) is 6.34 Å². The summed E-state index contributed by atoms with van der Waals surface area (Å²) in [6, 6.07) is 0. The zero-order valence-electron chi connectivity index (χ0n) is 9.13. The molecule has 0 aromatic heterocycles. The van der Waals surface area contributed by atoms with Crippen LogP contribution in [0, 0.1) is 0 Å². The topological polar surface area (TPSA) is 41.5 Å². The molecule has 0 saturated carbocycles. The van der Waals surface area contributed by atoms with Gasteiger partial charge in [-0.3, -0.25) is 9.79 Å². The van der Waals surface area contributed by atoms with Crippen LogP contribution in [0.5, 0.6) is 0 Å². The molecule has 78 valence electrons. The molecule has 1 amide bonds. The lowest BCUT2D eigenvalue weighted by Crippen LogP contribution is -2.22. The van der Waals surface area contributed by atoms with Crippen LogP contribution in [0.4, 0.5) is 0 Å². The number of amides is 1. The van der Waals surface area contributed by atoms with Crippen molar-refractivity contribution in [3.05, 3.63) is 23.8 Å². The molecule has 0 unspecified atom stereocenters. The fourth-order valence-corrected chi connectivity index (χ4v) is 0.805. The van der Waals surface area contributed by atoms with Crippen molar-refractivity contribution < 1.29 is 4.79 Å². The summed E-state index contributed by atoms with van der Waals surface area (Å²) in [5.74, 6) is -0.203. The Balaban J connectivity index is 3.97. The second-order valence-corrected chi connectivity index (χ2v) is 3.26. The van der Waals surface area contributed by atoms with Gasteiger partial charge in [0.05, 0.1) is 6.34 Å². The van der Waals surface area contributed by atoms with E-state index in [4.69, 9.17) is 0 Å². The molecule has 0 aliphatic rings. The van der Waals surface area contributed by atoms with Crippen LogP contribution < -0.4 is 5.32 Å². The molecule has 0 aromatic rings. The van der Waals surface area contributed by atoms with Gasteiger partial charge in [0, 0.05) is 12.1 Å². The van der Waals surface area contributed by atoms with Gasteiger partial charge < -0.3 is 5.32 Å². The lowest BCUT2D eigenvalue weighted by Gasteiger charge is -1.98. The average molecular weight is 194 g/mol. The molecule has 0 saturated heterocycles. The van der Waals surface area contributed by atoms with Crippen molar-refractivity contribution in [1.82, 2.24) is 5.32 Å². The summed E-state index contributed by atoms with van der Waals surface area (Å²) in [5, 5.41) is 2.55. The van der Waals surface area contributed by atoms with Crippen molar-refractivity contribution >= 4 is 12.2 Å². The van der Waals surface area contributed by atoms with E-state index in [1.807, 2.05) is 20.8 Å². The molecular formula is C11H18N2O. The summed E-state index contributed by atoms with van der Waals surface area (Å²) >= 11 is 0. The Kier molecular flexibility index (Phi) is 6.37. The Hall–Kier alpha value is -1.38. The first-order chi connectivity index (χ1) is 6.57. The Labute approximate surface area is 85.6 Å². The summed E-state index contributed by atoms with van der Waals surface area (Å²) in [6.45, 7) is 10.2. The number of hydrogen-bond donors (Lipinski definition) is 1. The van der Waals surface area contributed by atoms with Crippen LogP contribution in [0.2, 0.25) is 0 Å². The van der Waals surface area contributed by atoms with Crippen molar-refractivity contribution in [2.45, 2.75) is 27.2 Å². The number of hydrogen-bond acceptors (Lipinski definition) is 2. The first-order valence-electron chi connectivity index (χ1n) is 4.71. The maximum atomic E-state index is 11.3.